The van der Waals surface area contributed by atoms with Crippen LogP contribution in [0, 0.1) is 5.92 Å². The van der Waals surface area contributed by atoms with E-state index in [1.807, 2.05) is 13.0 Å². The lowest BCUT2D eigenvalue weighted by Crippen LogP contribution is -2.10. The summed E-state index contributed by atoms with van der Waals surface area (Å²) in [6.07, 6.45) is 4.48. The topological polar surface area (TPSA) is 26.3 Å². The number of rotatable bonds is 4. The van der Waals surface area contributed by atoms with Gasteiger partial charge in [-0.3, -0.25) is 4.79 Å². The minimum Gasteiger partial charge on any atom is -0.373 e. The van der Waals surface area contributed by atoms with Gasteiger partial charge in [0.25, 0.3) is 0 Å². The van der Waals surface area contributed by atoms with Gasteiger partial charge in [-0.2, -0.15) is 0 Å². The zero-order valence-electron chi connectivity index (χ0n) is 9.79. The summed E-state index contributed by atoms with van der Waals surface area (Å²) in [6.45, 7) is 10.2. The third-order valence-corrected chi connectivity index (χ3v) is 3.34. The van der Waals surface area contributed by atoms with Crippen molar-refractivity contribution in [3.05, 3.63) is 36.0 Å². The average molecular weight is 218 g/mol. The first-order valence-electron chi connectivity index (χ1n) is 5.80. The van der Waals surface area contributed by atoms with Crippen LogP contribution in [0.1, 0.15) is 26.2 Å². The van der Waals surface area contributed by atoms with Gasteiger partial charge < -0.3 is 4.74 Å². The van der Waals surface area contributed by atoms with Gasteiger partial charge >= 0.3 is 0 Å². The largest absolute Gasteiger partial charge is 0.373 e. The van der Waals surface area contributed by atoms with Gasteiger partial charge in [0.05, 0.1) is 12.7 Å². The van der Waals surface area contributed by atoms with Gasteiger partial charge in [-0.25, -0.2) is 0 Å². The Morgan fingerprint density at radius 2 is 2.38 bits per heavy atom. The maximum atomic E-state index is 11.9. The fourth-order valence-corrected chi connectivity index (χ4v) is 2.69. The van der Waals surface area contributed by atoms with Crippen LogP contribution in [-0.2, 0) is 9.53 Å². The molecule has 0 spiro atoms. The second-order valence-corrected chi connectivity index (χ2v) is 4.62. The van der Waals surface area contributed by atoms with E-state index < -0.39 is 0 Å². The van der Waals surface area contributed by atoms with E-state index in [2.05, 4.69) is 13.2 Å². The minimum absolute atomic E-state index is 0.112. The highest BCUT2D eigenvalue weighted by molar-refractivity contribution is 6.03. The first kappa shape index (κ1) is 11.3. The van der Waals surface area contributed by atoms with E-state index in [4.69, 9.17) is 4.74 Å². The SMILES string of the molecule is C=CCCC1OCC2CC(=O)C(C(=C)C)=C21. The van der Waals surface area contributed by atoms with Crippen LogP contribution in [0.15, 0.2) is 36.0 Å². The van der Waals surface area contributed by atoms with Gasteiger partial charge in [0, 0.05) is 17.9 Å². The van der Waals surface area contributed by atoms with Gasteiger partial charge in [0.1, 0.15) is 0 Å². The summed E-state index contributed by atoms with van der Waals surface area (Å²) in [6, 6.07) is 0. The maximum absolute atomic E-state index is 11.9. The van der Waals surface area contributed by atoms with Crippen molar-refractivity contribution in [2.24, 2.45) is 5.92 Å². The number of allylic oxidation sites excluding steroid dienone is 3. The van der Waals surface area contributed by atoms with Crippen LogP contribution in [-0.4, -0.2) is 18.5 Å². The Balaban J connectivity index is 2.28. The summed E-state index contributed by atoms with van der Waals surface area (Å²) in [5.74, 6) is 0.563. The molecule has 2 heteroatoms. The molecule has 2 aliphatic rings. The monoisotopic (exact) mass is 218 g/mol. The van der Waals surface area contributed by atoms with Gasteiger partial charge in [0.15, 0.2) is 5.78 Å². The van der Waals surface area contributed by atoms with Crippen molar-refractivity contribution in [2.45, 2.75) is 32.3 Å². The first-order chi connectivity index (χ1) is 7.65. The summed E-state index contributed by atoms with van der Waals surface area (Å²) in [5, 5.41) is 0. The number of ether oxygens (including phenoxy) is 1. The van der Waals surface area contributed by atoms with Gasteiger partial charge in [-0.15, -0.1) is 6.58 Å². The first-order valence-corrected chi connectivity index (χ1v) is 5.80. The van der Waals surface area contributed by atoms with Gasteiger partial charge in [-0.1, -0.05) is 12.7 Å². The number of carbonyl (C=O) groups is 1. The smallest absolute Gasteiger partial charge is 0.163 e. The predicted octanol–water partition coefficient (Wildman–Crippen LogP) is 2.81. The van der Waals surface area contributed by atoms with E-state index in [1.165, 1.54) is 5.57 Å². The number of fused-ring (bicyclic) bond motifs is 1. The van der Waals surface area contributed by atoms with Crippen LogP contribution in [0.3, 0.4) is 0 Å². The molecule has 0 N–H and O–H groups in total. The zero-order valence-corrected chi connectivity index (χ0v) is 9.79. The lowest BCUT2D eigenvalue weighted by atomic mass is 9.95. The number of carbonyl (C=O) groups excluding carboxylic acids is 1. The van der Waals surface area contributed by atoms with Crippen LogP contribution in [0.4, 0.5) is 0 Å². The molecule has 2 nitrogen and oxygen atoms in total. The Labute approximate surface area is 96.7 Å². The Morgan fingerprint density at radius 1 is 1.62 bits per heavy atom. The van der Waals surface area contributed by atoms with Crippen molar-refractivity contribution in [1.29, 1.82) is 0 Å². The number of Topliss-reactive ketones (excluding diaryl/α,β-unsaturated/α-hetero) is 1. The van der Waals surface area contributed by atoms with E-state index in [9.17, 15) is 4.79 Å². The van der Waals surface area contributed by atoms with Crippen LogP contribution < -0.4 is 0 Å². The van der Waals surface area contributed by atoms with Gasteiger partial charge in [0.2, 0.25) is 0 Å². The van der Waals surface area contributed by atoms with Crippen molar-refractivity contribution < 1.29 is 9.53 Å². The third kappa shape index (κ3) is 1.78. The molecular weight excluding hydrogens is 200 g/mol. The molecule has 0 saturated carbocycles. The zero-order chi connectivity index (χ0) is 11.7. The summed E-state index contributed by atoms with van der Waals surface area (Å²) in [4.78, 5) is 11.9. The molecule has 1 saturated heterocycles. The third-order valence-electron chi connectivity index (χ3n) is 3.34. The number of hydrogen-bond donors (Lipinski definition) is 0. The molecule has 2 unspecified atom stereocenters. The standard InChI is InChI=1S/C14H18O2/c1-4-5-6-12-14-10(8-16-12)7-11(15)13(14)9(2)3/h4,10,12H,1-2,5-8H2,3H3. The van der Waals surface area contributed by atoms with Crippen molar-refractivity contribution in [2.75, 3.05) is 6.61 Å². The van der Waals surface area contributed by atoms with Crippen molar-refractivity contribution in [3.63, 3.8) is 0 Å². The predicted molar refractivity (Wildman–Crippen MR) is 64.1 cm³/mol. The Kier molecular flexibility index (Phi) is 3.10. The lowest BCUT2D eigenvalue weighted by Gasteiger charge is -2.12. The lowest BCUT2D eigenvalue weighted by molar-refractivity contribution is -0.115. The quantitative estimate of drug-likeness (QED) is 0.678. The highest BCUT2D eigenvalue weighted by atomic mass is 16.5. The van der Waals surface area contributed by atoms with Gasteiger partial charge in [-0.05, 0) is 30.9 Å². The Hall–Kier alpha value is -1.15. The molecule has 0 aromatic rings. The van der Waals surface area contributed by atoms with E-state index in [0.717, 1.165) is 24.0 Å². The number of hydrogen-bond acceptors (Lipinski definition) is 2. The highest BCUT2D eigenvalue weighted by Gasteiger charge is 2.41. The van der Waals surface area contributed by atoms with E-state index in [0.29, 0.717) is 18.9 Å². The fraction of sp³-hybridized carbons (Fsp3) is 0.500. The Morgan fingerprint density at radius 3 is 3.00 bits per heavy atom. The fourth-order valence-electron chi connectivity index (χ4n) is 2.69. The molecule has 1 aliphatic carbocycles. The van der Waals surface area contributed by atoms with E-state index in [-0.39, 0.29) is 11.9 Å². The molecule has 0 bridgehead atoms. The molecule has 0 amide bonds. The second kappa shape index (κ2) is 4.38. The minimum atomic E-state index is 0.112. The van der Waals surface area contributed by atoms with Crippen molar-refractivity contribution >= 4 is 5.78 Å². The average Bonchev–Trinajstić information content (AvgIpc) is 2.72. The number of ketones is 1. The molecule has 1 heterocycles. The highest BCUT2D eigenvalue weighted by Crippen LogP contribution is 2.41. The van der Waals surface area contributed by atoms with Crippen molar-refractivity contribution in [3.8, 4) is 0 Å². The van der Waals surface area contributed by atoms with Crippen LogP contribution in [0.5, 0.6) is 0 Å². The molecular formula is C14H18O2. The summed E-state index contributed by atoms with van der Waals surface area (Å²) >= 11 is 0. The molecule has 86 valence electrons. The second-order valence-electron chi connectivity index (χ2n) is 4.62. The molecule has 2 rings (SSSR count). The van der Waals surface area contributed by atoms with Crippen LogP contribution in [0.25, 0.3) is 0 Å². The van der Waals surface area contributed by atoms with Crippen LogP contribution in [0.2, 0.25) is 0 Å². The summed E-state index contributed by atoms with van der Waals surface area (Å²) in [5.41, 5.74) is 2.95. The molecule has 1 fully saturated rings. The van der Waals surface area contributed by atoms with E-state index >= 15 is 0 Å². The summed E-state index contributed by atoms with van der Waals surface area (Å²) < 4.78 is 5.75. The van der Waals surface area contributed by atoms with Crippen molar-refractivity contribution in [1.82, 2.24) is 0 Å². The molecule has 2 atom stereocenters. The van der Waals surface area contributed by atoms with Crippen LogP contribution >= 0.6 is 0 Å². The van der Waals surface area contributed by atoms with E-state index in [1.54, 1.807) is 0 Å². The normalized spacial score (nSPS) is 28.4. The molecule has 0 aromatic carbocycles. The molecule has 0 radical (unpaired) electrons. The summed E-state index contributed by atoms with van der Waals surface area (Å²) in [7, 11) is 0. The maximum Gasteiger partial charge on any atom is 0.163 e. The molecule has 16 heavy (non-hydrogen) atoms. The molecule has 1 aliphatic heterocycles. The Bertz CT molecular complexity index is 376. The molecule has 0 aromatic heterocycles.